The van der Waals surface area contributed by atoms with Crippen LogP contribution in [-0.4, -0.2) is 15.4 Å². The van der Waals surface area contributed by atoms with Gasteiger partial charge >= 0.3 is 0 Å². The van der Waals surface area contributed by atoms with Gasteiger partial charge in [-0.3, -0.25) is 4.40 Å². The van der Waals surface area contributed by atoms with Crippen molar-refractivity contribution in [3.8, 4) is 0 Å². The average Bonchev–Trinajstić information content (AvgIpc) is 2.93. The maximum absolute atomic E-state index is 4.61. The Morgan fingerprint density at radius 3 is 3.35 bits per heavy atom. The van der Waals surface area contributed by atoms with E-state index in [4.69, 9.17) is 0 Å². The van der Waals surface area contributed by atoms with Crippen molar-refractivity contribution >= 4 is 16.3 Å². The van der Waals surface area contributed by atoms with Crippen molar-refractivity contribution in [2.75, 3.05) is 0 Å². The zero-order chi connectivity index (χ0) is 11.2. The third-order valence-electron chi connectivity index (χ3n) is 4.48. The molecule has 0 amide bonds. The van der Waals surface area contributed by atoms with Crippen LogP contribution in [0.4, 0.5) is 0 Å². The fourth-order valence-electron chi connectivity index (χ4n) is 3.52. The quantitative estimate of drug-likeness (QED) is 0.903. The van der Waals surface area contributed by atoms with E-state index in [1.807, 2.05) is 0 Å². The predicted molar refractivity (Wildman–Crippen MR) is 69.1 cm³/mol. The number of rotatable bonds is 3. The Hall–Kier alpha value is -0.870. The second kappa shape index (κ2) is 3.82. The minimum absolute atomic E-state index is 0.766. The van der Waals surface area contributed by atoms with Gasteiger partial charge in [0.15, 0.2) is 4.96 Å². The van der Waals surface area contributed by atoms with Gasteiger partial charge < -0.3 is 5.32 Å². The molecular weight excluding hydrogens is 230 g/mol. The molecule has 4 rings (SSSR count). The fourth-order valence-corrected chi connectivity index (χ4v) is 4.24. The molecule has 0 aliphatic heterocycles. The minimum atomic E-state index is 0.766. The number of hydrogen-bond acceptors (Lipinski definition) is 3. The SMILES string of the molecule is c1cn2cc(CNC3C[C@@H]4CCC[C@H]34)nc2s1. The van der Waals surface area contributed by atoms with Crippen molar-refractivity contribution < 1.29 is 0 Å². The van der Waals surface area contributed by atoms with Crippen LogP contribution in [0.3, 0.4) is 0 Å². The number of imidazole rings is 1. The van der Waals surface area contributed by atoms with E-state index in [2.05, 4.69) is 32.5 Å². The molecule has 0 bridgehead atoms. The summed E-state index contributed by atoms with van der Waals surface area (Å²) in [5.74, 6) is 2.01. The van der Waals surface area contributed by atoms with E-state index in [0.29, 0.717) is 0 Å². The number of thiazole rings is 1. The molecule has 2 aromatic rings. The van der Waals surface area contributed by atoms with Crippen LogP contribution in [0.1, 0.15) is 31.4 Å². The number of hydrogen-bond donors (Lipinski definition) is 1. The van der Waals surface area contributed by atoms with Gasteiger partial charge in [0.2, 0.25) is 0 Å². The molecule has 0 saturated heterocycles. The molecule has 2 heterocycles. The van der Waals surface area contributed by atoms with Crippen molar-refractivity contribution in [1.82, 2.24) is 14.7 Å². The smallest absolute Gasteiger partial charge is 0.193 e. The number of aromatic nitrogens is 2. The van der Waals surface area contributed by atoms with Crippen molar-refractivity contribution in [2.45, 2.75) is 38.3 Å². The highest BCUT2D eigenvalue weighted by Gasteiger charge is 2.43. The van der Waals surface area contributed by atoms with E-state index >= 15 is 0 Å². The highest BCUT2D eigenvalue weighted by molar-refractivity contribution is 7.15. The highest BCUT2D eigenvalue weighted by atomic mass is 32.1. The Balaban J connectivity index is 1.40. The molecule has 0 aromatic carbocycles. The molecule has 2 fully saturated rings. The summed E-state index contributed by atoms with van der Waals surface area (Å²) in [5.41, 5.74) is 1.18. The van der Waals surface area contributed by atoms with E-state index in [9.17, 15) is 0 Å². The van der Waals surface area contributed by atoms with Gasteiger partial charge in [0.1, 0.15) is 0 Å². The largest absolute Gasteiger partial charge is 0.308 e. The summed E-state index contributed by atoms with van der Waals surface area (Å²) in [5, 5.41) is 5.76. The van der Waals surface area contributed by atoms with E-state index in [-0.39, 0.29) is 0 Å². The molecule has 2 aromatic heterocycles. The third kappa shape index (κ3) is 1.62. The molecule has 0 radical (unpaired) electrons. The van der Waals surface area contributed by atoms with Gasteiger partial charge in [0.25, 0.3) is 0 Å². The average molecular weight is 247 g/mol. The van der Waals surface area contributed by atoms with Crippen LogP contribution in [0.15, 0.2) is 17.8 Å². The second-order valence-electron chi connectivity index (χ2n) is 5.40. The molecule has 0 spiro atoms. The van der Waals surface area contributed by atoms with Crippen LogP contribution in [0.25, 0.3) is 4.96 Å². The van der Waals surface area contributed by atoms with Crippen molar-refractivity contribution in [3.63, 3.8) is 0 Å². The normalized spacial score (nSPS) is 31.6. The summed E-state index contributed by atoms with van der Waals surface area (Å²) in [7, 11) is 0. The lowest BCUT2D eigenvalue weighted by molar-refractivity contribution is 0.136. The number of nitrogens with one attached hydrogen (secondary N) is 1. The van der Waals surface area contributed by atoms with Gasteiger partial charge in [0, 0.05) is 30.4 Å². The number of nitrogens with zero attached hydrogens (tertiary/aromatic N) is 2. The molecule has 90 valence electrons. The zero-order valence-corrected chi connectivity index (χ0v) is 10.6. The van der Waals surface area contributed by atoms with Crippen LogP contribution in [0.5, 0.6) is 0 Å². The third-order valence-corrected chi connectivity index (χ3v) is 5.25. The molecule has 3 nitrogen and oxygen atoms in total. The first-order valence-electron chi connectivity index (χ1n) is 6.54. The van der Waals surface area contributed by atoms with Gasteiger partial charge in [-0.2, -0.15) is 0 Å². The van der Waals surface area contributed by atoms with Crippen molar-refractivity contribution in [3.05, 3.63) is 23.5 Å². The lowest BCUT2D eigenvalue weighted by Gasteiger charge is -2.41. The van der Waals surface area contributed by atoms with E-state index in [1.165, 1.54) is 31.4 Å². The van der Waals surface area contributed by atoms with Gasteiger partial charge in [-0.25, -0.2) is 4.98 Å². The Kier molecular flexibility index (Phi) is 2.27. The molecule has 4 heteroatoms. The Bertz CT molecular complexity index is 501. The maximum Gasteiger partial charge on any atom is 0.193 e. The molecule has 2 saturated carbocycles. The molecular formula is C13H17N3S. The molecule has 17 heavy (non-hydrogen) atoms. The monoisotopic (exact) mass is 247 g/mol. The van der Waals surface area contributed by atoms with E-state index in [0.717, 1.165) is 29.4 Å². The van der Waals surface area contributed by atoms with Crippen LogP contribution >= 0.6 is 11.3 Å². The lowest BCUT2D eigenvalue weighted by atomic mass is 9.71. The predicted octanol–water partition coefficient (Wildman–Crippen LogP) is 2.67. The van der Waals surface area contributed by atoms with Crippen LogP contribution in [-0.2, 0) is 6.54 Å². The second-order valence-corrected chi connectivity index (χ2v) is 6.28. The van der Waals surface area contributed by atoms with E-state index in [1.54, 1.807) is 11.3 Å². The molecule has 1 unspecified atom stereocenters. The molecule has 1 N–H and O–H groups in total. The molecule has 2 aliphatic rings. The van der Waals surface area contributed by atoms with Crippen LogP contribution < -0.4 is 5.32 Å². The topological polar surface area (TPSA) is 29.3 Å². The Labute approximate surface area is 105 Å². The Morgan fingerprint density at radius 2 is 2.47 bits per heavy atom. The summed E-state index contributed by atoms with van der Waals surface area (Å²) in [6, 6.07) is 0.766. The van der Waals surface area contributed by atoms with Gasteiger partial charge in [-0.15, -0.1) is 11.3 Å². The minimum Gasteiger partial charge on any atom is -0.308 e. The molecule has 2 aliphatic carbocycles. The number of fused-ring (bicyclic) bond motifs is 2. The Morgan fingerprint density at radius 1 is 1.47 bits per heavy atom. The summed E-state index contributed by atoms with van der Waals surface area (Å²) < 4.78 is 2.11. The summed E-state index contributed by atoms with van der Waals surface area (Å²) >= 11 is 1.70. The van der Waals surface area contributed by atoms with Crippen LogP contribution in [0.2, 0.25) is 0 Å². The first-order valence-corrected chi connectivity index (χ1v) is 7.42. The summed E-state index contributed by atoms with van der Waals surface area (Å²) in [4.78, 5) is 5.71. The fraction of sp³-hybridized carbons (Fsp3) is 0.615. The standard InChI is InChI=1S/C13H17N3S/c1-2-9-6-12(11(9)3-1)14-7-10-8-16-4-5-17-13(16)15-10/h4-5,8-9,11-12,14H,1-3,6-7H2/t9-,11-,12?/m0/s1. The van der Waals surface area contributed by atoms with Gasteiger partial charge in [0.05, 0.1) is 5.69 Å². The summed E-state index contributed by atoms with van der Waals surface area (Å²) in [6.45, 7) is 0.933. The van der Waals surface area contributed by atoms with Crippen LogP contribution in [0, 0.1) is 11.8 Å². The highest BCUT2D eigenvalue weighted by Crippen LogP contribution is 2.46. The van der Waals surface area contributed by atoms with E-state index < -0.39 is 0 Å². The van der Waals surface area contributed by atoms with Gasteiger partial charge in [-0.05, 0) is 24.7 Å². The summed E-state index contributed by atoms with van der Waals surface area (Å²) in [6.07, 6.45) is 9.99. The van der Waals surface area contributed by atoms with Crippen molar-refractivity contribution in [2.24, 2.45) is 11.8 Å². The maximum atomic E-state index is 4.61. The molecule has 3 atom stereocenters. The first kappa shape index (κ1) is 10.1. The van der Waals surface area contributed by atoms with Crippen molar-refractivity contribution in [1.29, 1.82) is 0 Å². The zero-order valence-electron chi connectivity index (χ0n) is 9.80. The van der Waals surface area contributed by atoms with Gasteiger partial charge in [-0.1, -0.05) is 12.8 Å². The first-order chi connectivity index (χ1) is 8.40. The lowest BCUT2D eigenvalue weighted by Crippen LogP contribution is -2.47.